The molecule has 4 heteroatoms. The van der Waals surface area contributed by atoms with Crippen LogP contribution in [-0.4, -0.2) is 35.4 Å². The predicted molar refractivity (Wildman–Crippen MR) is 114 cm³/mol. The average molecular weight is 374 g/mol. The number of aryl methyl sites for hydroxylation is 2. The van der Waals surface area contributed by atoms with E-state index in [2.05, 4.69) is 32.9 Å². The third-order valence-electron chi connectivity index (χ3n) is 6.06. The zero-order valence-corrected chi connectivity index (χ0v) is 16.8. The summed E-state index contributed by atoms with van der Waals surface area (Å²) in [5, 5.41) is 0.925. The van der Waals surface area contributed by atoms with Gasteiger partial charge in [-0.3, -0.25) is 4.79 Å². The Morgan fingerprint density at radius 1 is 1.14 bits per heavy atom. The second-order valence-electron chi connectivity index (χ2n) is 8.37. The van der Waals surface area contributed by atoms with Crippen LogP contribution in [0.2, 0.25) is 0 Å². The summed E-state index contributed by atoms with van der Waals surface area (Å²) < 4.78 is 0. The van der Waals surface area contributed by atoms with Crippen LogP contribution < -0.4 is 5.73 Å². The zero-order chi connectivity index (χ0) is 19.9. The van der Waals surface area contributed by atoms with Crippen molar-refractivity contribution >= 4 is 16.8 Å². The number of likely N-dealkylation sites (tertiary alicyclic amines) is 1. The first-order chi connectivity index (χ1) is 13.4. The van der Waals surface area contributed by atoms with E-state index in [-0.39, 0.29) is 11.3 Å². The first kappa shape index (κ1) is 18.6. The predicted octanol–water partition coefficient (Wildman–Crippen LogP) is 4.33. The number of nitrogens with zero attached hydrogens (tertiary/aromatic N) is 2. The summed E-state index contributed by atoms with van der Waals surface area (Å²) in [6.45, 7) is 8.38. The van der Waals surface area contributed by atoms with Crippen LogP contribution in [0.1, 0.15) is 34.8 Å². The van der Waals surface area contributed by atoms with Crippen LogP contribution in [0.4, 0.5) is 0 Å². The van der Waals surface area contributed by atoms with Gasteiger partial charge >= 0.3 is 0 Å². The molecule has 0 spiro atoms. The molecule has 0 saturated carbocycles. The Morgan fingerprint density at radius 3 is 2.54 bits per heavy atom. The van der Waals surface area contributed by atoms with Gasteiger partial charge in [-0.1, -0.05) is 37.3 Å². The summed E-state index contributed by atoms with van der Waals surface area (Å²) in [4.78, 5) is 20.3. The summed E-state index contributed by atoms with van der Waals surface area (Å²) in [5.41, 5.74) is 11.8. The molecule has 1 aliphatic rings. The van der Waals surface area contributed by atoms with Gasteiger partial charge < -0.3 is 10.6 Å². The van der Waals surface area contributed by atoms with E-state index in [0.717, 1.165) is 40.7 Å². The molecule has 1 fully saturated rings. The number of pyridine rings is 1. The highest BCUT2D eigenvalue weighted by molar-refractivity contribution is 6.07. The van der Waals surface area contributed by atoms with Crippen LogP contribution in [0.15, 0.2) is 48.5 Å². The lowest BCUT2D eigenvalue weighted by molar-refractivity contribution is 0.0779. The normalized spacial score (nSPS) is 19.4. The maximum absolute atomic E-state index is 13.5. The first-order valence-corrected chi connectivity index (χ1v) is 9.87. The summed E-state index contributed by atoms with van der Waals surface area (Å²) in [6.07, 6.45) is 0.946. The maximum Gasteiger partial charge on any atom is 0.254 e. The van der Waals surface area contributed by atoms with Crippen molar-refractivity contribution in [3.63, 3.8) is 0 Å². The Hall–Kier alpha value is -2.72. The summed E-state index contributed by atoms with van der Waals surface area (Å²) in [6, 6.07) is 16.2. The molecule has 3 aromatic rings. The minimum Gasteiger partial charge on any atom is -0.338 e. The summed E-state index contributed by atoms with van der Waals surface area (Å²) in [7, 11) is 0. The van der Waals surface area contributed by atoms with E-state index in [9.17, 15) is 4.79 Å². The molecule has 4 rings (SSSR count). The number of amides is 1. The highest BCUT2D eigenvalue weighted by Crippen LogP contribution is 2.32. The van der Waals surface area contributed by atoms with Crippen molar-refractivity contribution in [3.05, 3.63) is 65.2 Å². The number of rotatable bonds is 3. The number of hydrogen-bond donors (Lipinski definition) is 1. The Morgan fingerprint density at radius 2 is 1.86 bits per heavy atom. The minimum absolute atomic E-state index is 0.00720. The molecule has 1 saturated heterocycles. The number of nitrogens with two attached hydrogens (primary N) is 1. The van der Waals surface area contributed by atoms with Crippen LogP contribution in [0.25, 0.3) is 22.2 Å². The molecule has 2 N–H and O–H groups in total. The van der Waals surface area contributed by atoms with E-state index < -0.39 is 0 Å². The van der Waals surface area contributed by atoms with E-state index in [1.165, 1.54) is 11.1 Å². The van der Waals surface area contributed by atoms with Gasteiger partial charge in [0.25, 0.3) is 5.91 Å². The monoisotopic (exact) mass is 373 g/mol. The third-order valence-corrected chi connectivity index (χ3v) is 6.06. The van der Waals surface area contributed by atoms with E-state index in [4.69, 9.17) is 10.7 Å². The lowest BCUT2D eigenvalue weighted by Gasteiger charge is -2.23. The fourth-order valence-corrected chi connectivity index (χ4v) is 3.95. The van der Waals surface area contributed by atoms with Crippen molar-refractivity contribution in [2.75, 3.05) is 19.6 Å². The molecule has 144 valence electrons. The van der Waals surface area contributed by atoms with Gasteiger partial charge in [-0.25, -0.2) is 4.98 Å². The highest BCUT2D eigenvalue weighted by atomic mass is 16.2. The van der Waals surface area contributed by atoms with Crippen LogP contribution in [0, 0.1) is 19.3 Å². The molecular formula is C24H27N3O. The molecule has 1 aromatic heterocycles. The smallest absolute Gasteiger partial charge is 0.254 e. The number of carbonyl (C=O) groups is 1. The van der Waals surface area contributed by atoms with E-state index in [1.54, 1.807) is 0 Å². The van der Waals surface area contributed by atoms with Crippen molar-refractivity contribution in [1.29, 1.82) is 0 Å². The highest BCUT2D eigenvalue weighted by Gasteiger charge is 2.35. The summed E-state index contributed by atoms with van der Waals surface area (Å²) in [5.74, 6) is 0.0741. The molecule has 1 aliphatic heterocycles. The van der Waals surface area contributed by atoms with E-state index in [0.29, 0.717) is 13.1 Å². The molecule has 0 radical (unpaired) electrons. The van der Waals surface area contributed by atoms with E-state index >= 15 is 0 Å². The number of hydrogen-bond acceptors (Lipinski definition) is 3. The molecule has 0 bridgehead atoms. The quantitative estimate of drug-likeness (QED) is 0.743. The second-order valence-corrected chi connectivity index (χ2v) is 8.37. The van der Waals surface area contributed by atoms with Crippen LogP contribution in [0.3, 0.4) is 0 Å². The van der Waals surface area contributed by atoms with Crippen molar-refractivity contribution in [3.8, 4) is 11.3 Å². The Bertz CT molecular complexity index is 1040. The van der Waals surface area contributed by atoms with Crippen LogP contribution in [-0.2, 0) is 0 Å². The number of fused-ring (bicyclic) bond motifs is 1. The second kappa shape index (κ2) is 7.02. The molecule has 0 aliphatic carbocycles. The lowest BCUT2D eigenvalue weighted by atomic mass is 9.90. The van der Waals surface area contributed by atoms with Crippen LogP contribution in [0.5, 0.6) is 0 Å². The number of aromatic nitrogens is 1. The van der Waals surface area contributed by atoms with Crippen molar-refractivity contribution in [2.24, 2.45) is 11.1 Å². The van der Waals surface area contributed by atoms with E-state index in [1.807, 2.05) is 41.3 Å². The minimum atomic E-state index is 0.00720. The molecule has 1 amide bonds. The lowest BCUT2D eigenvalue weighted by Crippen LogP contribution is -2.34. The van der Waals surface area contributed by atoms with Gasteiger partial charge in [0, 0.05) is 24.0 Å². The van der Waals surface area contributed by atoms with Gasteiger partial charge in [0.2, 0.25) is 0 Å². The standard InChI is InChI=1S/C24H27N3O/c1-16-11-19-20(23(28)27-10-9-24(3,14-25)15-27)13-21(18-7-5-4-6-8-18)26-22(19)12-17(16)2/h4-8,11-13H,9-10,14-15,25H2,1-3H3. The maximum atomic E-state index is 13.5. The Balaban J connectivity index is 1.86. The Labute approximate surface area is 166 Å². The first-order valence-electron chi connectivity index (χ1n) is 9.87. The molecule has 2 aromatic carbocycles. The number of carbonyl (C=O) groups excluding carboxylic acids is 1. The topological polar surface area (TPSA) is 59.2 Å². The van der Waals surface area contributed by atoms with Crippen molar-refractivity contribution < 1.29 is 4.79 Å². The zero-order valence-electron chi connectivity index (χ0n) is 16.8. The molecule has 1 atom stereocenters. The third kappa shape index (κ3) is 3.29. The van der Waals surface area contributed by atoms with Gasteiger partial charge in [0.05, 0.1) is 16.8 Å². The van der Waals surface area contributed by atoms with Crippen molar-refractivity contribution in [2.45, 2.75) is 27.2 Å². The van der Waals surface area contributed by atoms with Gasteiger partial charge in [0.1, 0.15) is 0 Å². The molecular weight excluding hydrogens is 346 g/mol. The van der Waals surface area contributed by atoms with Gasteiger partial charge in [-0.15, -0.1) is 0 Å². The van der Waals surface area contributed by atoms with Gasteiger partial charge in [-0.2, -0.15) is 0 Å². The fourth-order valence-electron chi connectivity index (χ4n) is 3.95. The average Bonchev–Trinajstić information content (AvgIpc) is 3.11. The molecule has 2 heterocycles. The Kier molecular flexibility index (Phi) is 4.68. The van der Waals surface area contributed by atoms with Gasteiger partial charge in [-0.05, 0) is 61.6 Å². The molecule has 28 heavy (non-hydrogen) atoms. The fraction of sp³-hybridized carbons (Fsp3) is 0.333. The SMILES string of the molecule is Cc1cc2nc(-c3ccccc3)cc(C(=O)N3CCC(C)(CN)C3)c2cc1C. The molecule has 1 unspecified atom stereocenters. The van der Waals surface area contributed by atoms with Crippen molar-refractivity contribution in [1.82, 2.24) is 9.88 Å². The largest absolute Gasteiger partial charge is 0.338 e. The number of benzene rings is 2. The molecule has 4 nitrogen and oxygen atoms in total. The summed E-state index contributed by atoms with van der Waals surface area (Å²) >= 11 is 0. The van der Waals surface area contributed by atoms with Crippen LogP contribution >= 0.6 is 0 Å². The van der Waals surface area contributed by atoms with Gasteiger partial charge in [0.15, 0.2) is 0 Å².